The highest BCUT2D eigenvalue weighted by Crippen LogP contribution is 2.26. The second-order valence-electron chi connectivity index (χ2n) is 4.13. The Morgan fingerprint density at radius 3 is 2.71 bits per heavy atom. The van der Waals surface area contributed by atoms with Gasteiger partial charge in [-0.1, -0.05) is 0 Å². The number of amides is 1. The second kappa shape index (κ2) is 7.34. The van der Waals surface area contributed by atoms with E-state index in [-0.39, 0.29) is 23.8 Å². The number of ether oxygens (including phenoxy) is 1. The van der Waals surface area contributed by atoms with Crippen molar-refractivity contribution in [2.24, 2.45) is 0 Å². The zero-order chi connectivity index (χ0) is 16.0. The van der Waals surface area contributed by atoms with Gasteiger partial charge in [-0.3, -0.25) is 4.79 Å². The number of benzene rings is 1. The van der Waals surface area contributed by atoms with Crippen LogP contribution < -0.4 is 10.1 Å². The maximum atomic E-state index is 13.3. The van der Waals surface area contributed by atoms with Crippen LogP contribution >= 0.6 is 0 Å². The summed E-state index contributed by atoms with van der Waals surface area (Å²) in [5.74, 6) is -1.32. The average molecular weight is 320 g/mol. The number of aliphatic hydroxyl groups excluding tert-OH is 1. The van der Waals surface area contributed by atoms with Crippen LogP contribution in [0.15, 0.2) is 23.1 Å². The van der Waals surface area contributed by atoms with Gasteiger partial charge in [-0.15, -0.1) is 0 Å². The number of carbonyl (C=O) groups excluding carboxylic acids is 1. The fraction of sp³-hybridized carbons (Fsp3) is 0.417. The molecule has 0 spiro atoms. The second-order valence-corrected chi connectivity index (χ2v) is 6.14. The fourth-order valence-corrected chi connectivity index (χ4v) is 2.85. The molecule has 0 radical (unpaired) electrons. The number of hydrogen-bond donors (Lipinski definition) is 2. The Morgan fingerprint density at radius 2 is 2.14 bits per heavy atom. The molecule has 0 aliphatic heterocycles. The zero-order valence-corrected chi connectivity index (χ0v) is 12.5. The number of likely N-dealkylation sites (N-methyl/N-ethyl adjacent to an activating group) is 1. The number of sulfonamides is 1. The largest absolute Gasteiger partial charge is 0.495 e. The van der Waals surface area contributed by atoms with Crippen LogP contribution in [0.3, 0.4) is 0 Å². The lowest BCUT2D eigenvalue weighted by atomic mass is 10.3. The lowest BCUT2D eigenvalue weighted by Gasteiger charge is -2.18. The van der Waals surface area contributed by atoms with Crippen molar-refractivity contribution in [1.29, 1.82) is 0 Å². The molecule has 7 nitrogen and oxygen atoms in total. The van der Waals surface area contributed by atoms with E-state index in [0.717, 1.165) is 16.4 Å². The maximum absolute atomic E-state index is 13.3. The Kier molecular flexibility index (Phi) is 6.06. The molecule has 0 bridgehead atoms. The van der Waals surface area contributed by atoms with Crippen molar-refractivity contribution in [3.63, 3.8) is 0 Å². The van der Waals surface area contributed by atoms with Crippen LogP contribution in [0.5, 0.6) is 5.75 Å². The molecule has 0 atom stereocenters. The molecular formula is C12H17FN2O5S. The van der Waals surface area contributed by atoms with Gasteiger partial charge in [0.05, 0.1) is 20.3 Å². The SMILES string of the molecule is COc1ccc(F)cc1S(=O)(=O)N(C)CC(=O)NCCO. The third kappa shape index (κ3) is 4.38. The van der Waals surface area contributed by atoms with Crippen molar-refractivity contribution >= 4 is 15.9 Å². The van der Waals surface area contributed by atoms with Crippen molar-refractivity contribution in [2.75, 3.05) is 33.9 Å². The van der Waals surface area contributed by atoms with Gasteiger partial charge in [0, 0.05) is 13.6 Å². The van der Waals surface area contributed by atoms with Crippen LogP contribution in [0.1, 0.15) is 0 Å². The topological polar surface area (TPSA) is 95.9 Å². The molecule has 0 saturated carbocycles. The Labute approximate surface area is 122 Å². The summed E-state index contributed by atoms with van der Waals surface area (Å²) in [6, 6.07) is 3.10. The first kappa shape index (κ1) is 17.3. The molecule has 118 valence electrons. The molecular weight excluding hydrogens is 303 g/mol. The molecule has 9 heteroatoms. The number of nitrogens with one attached hydrogen (secondary N) is 1. The molecule has 0 aliphatic carbocycles. The molecule has 0 heterocycles. The number of aliphatic hydroxyl groups is 1. The summed E-state index contributed by atoms with van der Waals surface area (Å²) in [4.78, 5) is 11.1. The smallest absolute Gasteiger partial charge is 0.247 e. The van der Waals surface area contributed by atoms with Crippen molar-refractivity contribution in [1.82, 2.24) is 9.62 Å². The van der Waals surface area contributed by atoms with Crippen LogP contribution in [-0.4, -0.2) is 57.6 Å². The highest BCUT2D eigenvalue weighted by molar-refractivity contribution is 7.89. The van der Waals surface area contributed by atoms with Crippen LogP contribution in [0.4, 0.5) is 4.39 Å². The monoisotopic (exact) mass is 320 g/mol. The number of hydrogen-bond acceptors (Lipinski definition) is 5. The minimum Gasteiger partial charge on any atom is -0.495 e. The van der Waals surface area contributed by atoms with Gasteiger partial charge in [0.1, 0.15) is 16.5 Å². The summed E-state index contributed by atoms with van der Waals surface area (Å²) in [6.45, 7) is -0.683. The summed E-state index contributed by atoms with van der Waals surface area (Å²) in [5, 5.41) is 10.9. The van der Waals surface area contributed by atoms with Crippen LogP contribution in [0.25, 0.3) is 0 Å². The minimum atomic E-state index is -4.08. The van der Waals surface area contributed by atoms with E-state index in [1.54, 1.807) is 0 Å². The van der Waals surface area contributed by atoms with Gasteiger partial charge in [0.15, 0.2) is 0 Å². The van der Waals surface area contributed by atoms with E-state index in [1.165, 1.54) is 20.2 Å². The maximum Gasteiger partial charge on any atom is 0.247 e. The first-order valence-corrected chi connectivity index (χ1v) is 7.44. The van der Waals surface area contributed by atoms with Gasteiger partial charge in [-0.2, -0.15) is 4.31 Å². The van der Waals surface area contributed by atoms with Crippen molar-refractivity contribution in [3.8, 4) is 5.75 Å². The third-order valence-corrected chi connectivity index (χ3v) is 4.44. The molecule has 0 saturated heterocycles. The fourth-order valence-electron chi connectivity index (χ4n) is 1.56. The zero-order valence-electron chi connectivity index (χ0n) is 11.7. The quantitative estimate of drug-likeness (QED) is 0.710. The third-order valence-electron chi connectivity index (χ3n) is 2.61. The van der Waals surface area contributed by atoms with Gasteiger partial charge in [-0.05, 0) is 18.2 Å². The molecule has 1 aromatic carbocycles. The minimum absolute atomic E-state index is 0.0148. The van der Waals surface area contributed by atoms with Crippen molar-refractivity contribution in [2.45, 2.75) is 4.90 Å². The lowest BCUT2D eigenvalue weighted by Crippen LogP contribution is -2.39. The summed E-state index contributed by atoms with van der Waals surface area (Å²) < 4.78 is 43.6. The molecule has 0 aliphatic rings. The van der Waals surface area contributed by atoms with Gasteiger partial charge < -0.3 is 15.2 Å². The summed E-state index contributed by atoms with van der Waals surface area (Å²) >= 11 is 0. The highest BCUT2D eigenvalue weighted by atomic mass is 32.2. The molecule has 2 N–H and O–H groups in total. The Balaban J connectivity index is 3.00. The van der Waals surface area contributed by atoms with Gasteiger partial charge in [-0.25, -0.2) is 12.8 Å². The molecule has 1 amide bonds. The predicted molar refractivity (Wildman–Crippen MR) is 72.9 cm³/mol. The van der Waals surface area contributed by atoms with E-state index in [0.29, 0.717) is 0 Å². The Bertz CT molecular complexity index is 606. The molecule has 0 fully saturated rings. The van der Waals surface area contributed by atoms with Crippen LogP contribution in [0.2, 0.25) is 0 Å². The van der Waals surface area contributed by atoms with Gasteiger partial charge in [0.25, 0.3) is 0 Å². The molecule has 21 heavy (non-hydrogen) atoms. The summed E-state index contributed by atoms with van der Waals surface area (Å²) in [5.41, 5.74) is 0. The Hall–Kier alpha value is -1.71. The van der Waals surface area contributed by atoms with Crippen LogP contribution in [0, 0.1) is 5.82 Å². The highest BCUT2D eigenvalue weighted by Gasteiger charge is 2.26. The number of nitrogens with zero attached hydrogens (tertiary/aromatic N) is 1. The summed E-state index contributed by atoms with van der Waals surface area (Å²) in [7, 11) is -1.62. The summed E-state index contributed by atoms with van der Waals surface area (Å²) in [6.07, 6.45) is 0. The standard InChI is InChI=1S/C12H17FN2O5S/c1-15(8-12(17)14-5-6-16)21(18,19)11-7-9(13)3-4-10(11)20-2/h3-4,7,16H,5-6,8H2,1-2H3,(H,14,17). The van der Waals surface area contributed by atoms with E-state index in [4.69, 9.17) is 9.84 Å². The lowest BCUT2D eigenvalue weighted by molar-refractivity contribution is -0.121. The molecule has 0 unspecified atom stereocenters. The van der Waals surface area contributed by atoms with E-state index >= 15 is 0 Å². The normalized spacial score (nSPS) is 11.5. The predicted octanol–water partition coefficient (Wildman–Crippen LogP) is -0.437. The van der Waals surface area contributed by atoms with Gasteiger partial charge >= 0.3 is 0 Å². The number of rotatable bonds is 7. The molecule has 1 aromatic rings. The Morgan fingerprint density at radius 1 is 1.48 bits per heavy atom. The van der Waals surface area contributed by atoms with E-state index in [2.05, 4.69) is 5.32 Å². The number of methoxy groups -OCH3 is 1. The van der Waals surface area contributed by atoms with Crippen molar-refractivity contribution < 1.29 is 27.4 Å². The number of halogens is 1. The average Bonchev–Trinajstić information content (AvgIpc) is 2.44. The van der Waals surface area contributed by atoms with Gasteiger partial charge in [0.2, 0.25) is 15.9 Å². The molecule has 1 rings (SSSR count). The first-order valence-electron chi connectivity index (χ1n) is 6.00. The first-order chi connectivity index (χ1) is 9.82. The number of carbonyl (C=O) groups is 1. The van der Waals surface area contributed by atoms with Crippen molar-refractivity contribution in [3.05, 3.63) is 24.0 Å². The van der Waals surface area contributed by atoms with E-state index in [9.17, 15) is 17.6 Å². The van der Waals surface area contributed by atoms with Crippen LogP contribution in [-0.2, 0) is 14.8 Å². The van der Waals surface area contributed by atoms with E-state index in [1.807, 2.05) is 0 Å². The van der Waals surface area contributed by atoms with E-state index < -0.39 is 28.3 Å². The molecule has 0 aromatic heterocycles.